The lowest BCUT2D eigenvalue weighted by atomic mass is 9.90. The monoisotopic (exact) mass is 433 g/mol. The minimum Gasteiger partial charge on any atom is -0.491 e. The second kappa shape index (κ2) is 10.7. The van der Waals surface area contributed by atoms with E-state index in [0.717, 1.165) is 39.7 Å². The average Bonchev–Trinajstić information content (AvgIpc) is 2.80. The number of hydrogen-bond donors (Lipinski definition) is 1. The maximum atomic E-state index is 10.8. The lowest BCUT2D eigenvalue weighted by Crippen LogP contribution is -2.19. The number of aliphatic hydroxyl groups excluding tert-OH is 1. The van der Waals surface area contributed by atoms with Crippen molar-refractivity contribution in [3.63, 3.8) is 0 Å². The van der Waals surface area contributed by atoms with Crippen molar-refractivity contribution in [1.82, 2.24) is 0 Å². The van der Waals surface area contributed by atoms with E-state index in [0.29, 0.717) is 23.7 Å². The van der Waals surface area contributed by atoms with Crippen molar-refractivity contribution in [2.24, 2.45) is 5.18 Å². The van der Waals surface area contributed by atoms with Gasteiger partial charge in [0.1, 0.15) is 37.0 Å². The molecular formula is C26H27NO5. The van der Waals surface area contributed by atoms with E-state index in [1.807, 2.05) is 38.1 Å². The molecule has 0 amide bonds. The maximum Gasteiger partial charge on any atom is 0.150 e. The number of aryl methyl sites for hydroxylation is 2. The van der Waals surface area contributed by atoms with Crippen LogP contribution in [0.25, 0.3) is 11.1 Å². The summed E-state index contributed by atoms with van der Waals surface area (Å²) in [5, 5.41) is 12.0. The molecule has 3 rings (SSSR count). The summed E-state index contributed by atoms with van der Waals surface area (Å²) in [6, 6.07) is 16.3. The summed E-state index contributed by atoms with van der Waals surface area (Å²) in [7, 11) is 0. The molecule has 3 aromatic rings. The van der Waals surface area contributed by atoms with Crippen LogP contribution in [0.3, 0.4) is 0 Å². The van der Waals surface area contributed by atoms with Crippen LogP contribution in [0.15, 0.2) is 59.8 Å². The third-order valence-electron chi connectivity index (χ3n) is 5.43. The predicted molar refractivity (Wildman–Crippen MR) is 124 cm³/mol. The molecule has 1 N–H and O–H groups in total. The molecule has 1 atom stereocenters. The zero-order valence-electron chi connectivity index (χ0n) is 18.5. The van der Waals surface area contributed by atoms with E-state index in [4.69, 9.17) is 14.6 Å². The molecule has 0 aliphatic rings. The van der Waals surface area contributed by atoms with Crippen LogP contribution >= 0.6 is 0 Å². The average molecular weight is 434 g/mol. The number of aldehydes is 1. The Hall–Kier alpha value is -3.51. The van der Waals surface area contributed by atoms with Gasteiger partial charge in [0.05, 0.1) is 6.61 Å². The van der Waals surface area contributed by atoms with E-state index in [1.165, 1.54) is 0 Å². The number of aliphatic hydroxyl groups is 1. The van der Waals surface area contributed by atoms with E-state index in [-0.39, 0.29) is 13.2 Å². The Morgan fingerprint density at radius 2 is 1.66 bits per heavy atom. The first-order valence-electron chi connectivity index (χ1n) is 10.4. The Balaban J connectivity index is 1.81. The third-order valence-corrected chi connectivity index (χ3v) is 5.43. The molecular weight excluding hydrogens is 406 g/mol. The van der Waals surface area contributed by atoms with Crippen LogP contribution in [-0.4, -0.2) is 30.6 Å². The lowest BCUT2D eigenvalue weighted by Gasteiger charge is -2.18. The number of nitroso groups, excluding NO2 is 1. The molecule has 166 valence electrons. The van der Waals surface area contributed by atoms with Gasteiger partial charge in [0.15, 0.2) is 0 Å². The number of carbonyl (C=O) groups excluding carboxylic acids is 1. The second-order valence-electron chi connectivity index (χ2n) is 7.75. The Labute approximate surface area is 187 Å². The van der Waals surface area contributed by atoms with Gasteiger partial charge in [0.25, 0.3) is 0 Å². The van der Waals surface area contributed by atoms with Crippen LogP contribution in [0.4, 0.5) is 0 Å². The summed E-state index contributed by atoms with van der Waals surface area (Å²) < 4.78 is 11.6. The highest BCUT2D eigenvalue weighted by molar-refractivity contribution is 5.76. The number of rotatable bonds is 10. The van der Waals surface area contributed by atoms with Gasteiger partial charge in [-0.1, -0.05) is 23.4 Å². The van der Waals surface area contributed by atoms with Crippen LogP contribution < -0.4 is 9.47 Å². The Morgan fingerprint density at radius 1 is 0.969 bits per heavy atom. The third kappa shape index (κ3) is 5.39. The van der Waals surface area contributed by atoms with Crippen molar-refractivity contribution in [3.05, 3.63) is 87.3 Å². The molecule has 0 saturated heterocycles. The molecule has 0 saturated carbocycles. The molecule has 0 aliphatic heterocycles. The highest BCUT2D eigenvalue weighted by atomic mass is 16.5. The van der Waals surface area contributed by atoms with Crippen LogP contribution in [0.1, 0.15) is 32.6 Å². The van der Waals surface area contributed by atoms with Gasteiger partial charge in [-0.25, -0.2) is 0 Å². The number of benzene rings is 3. The van der Waals surface area contributed by atoms with Crippen LogP contribution in [0.5, 0.6) is 11.5 Å². The molecule has 32 heavy (non-hydrogen) atoms. The van der Waals surface area contributed by atoms with E-state index < -0.39 is 6.04 Å². The molecule has 0 aliphatic carbocycles. The van der Waals surface area contributed by atoms with Gasteiger partial charge in [-0.15, -0.1) is 0 Å². The standard InChI is InChI=1S/C26H27NO5/c1-17-11-24(32-16-22(14-29)27-30)12-18(2)26(17)25-6-4-5-21(19(25)3)15-31-23-9-7-20(13-28)8-10-23/h4-13,22,29H,14-16H2,1-3H3/t22-/m0/s1. The highest BCUT2D eigenvalue weighted by Gasteiger charge is 2.14. The fourth-order valence-corrected chi connectivity index (χ4v) is 3.66. The van der Waals surface area contributed by atoms with Crippen molar-refractivity contribution in [2.75, 3.05) is 13.2 Å². The van der Waals surface area contributed by atoms with E-state index in [2.05, 4.69) is 18.2 Å². The molecule has 0 radical (unpaired) electrons. The molecule has 0 aromatic heterocycles. The second-order valence-corrected chi connectivity index (χ2v) is 7.75. The number of carbonyl (C=O) groups is 1. The van der Waals surface area contributed by atoms with Crippen LogP contribution in [0.2, 0.25) is 0 Å². The van der Waals surface area contributed by atoms with Gasteiger partial charge in [-0.2, -0.15) is 4.91 Å². The number of hydrogen-bond acceptors (Lipinski definition) is 6. The Kier molecular flexibility index (Phi) is 7.73. The Morgan fingerprint density at radius 3 is 2.25 bits per heavy atom. The predicted octanol–water partition coefficient (Wildman–Crippen LogP) is 5.18. The van der Waals surface area contributed by atoms with Crippen molar-refractivity contribution < 1.29 is 19.4 Å². The zero-order valence-corrected chi connectivity index (χ0v) is 18.5. The van der Waals surface area contributed by atoms with Crippen molar-refractivity contribution in [1.29, 1.82) is 0 Å². The molecule has 3 aromatic carbocycles. The quantitative estimate of drug-likeness (QED) is 0.352. The fraction of sp³-hybridized carbons (Fsp3) is 0.269. The summed E-state index contributed by atoms with van der Waals surface area (Å²) in [6.45, 7) is 6.24. The minimum atomic E-state index is -0.774. The summed E-state index contributed by atoms with van der Waals surface area (Å²) in [5.74, 6) is 1.35. The van der Waals surface area contributed by atoms with E-state index in [1.54, 1.807) is 24.3 Å². The molecule has 0 spiro atoms. The topological polar surface area (TPSA) is 85.2 Å². The summed E-state index contributed by atoms with van der Waals surface area (Å²) in [5.41, 5.74) is 7.15. The van der Waals surface area contributed by atoms with E-state index >= 15 is 0 Å². The molecule has 0 bridgehead atoms. The lowest BCUT2D eigenvalue weighted by molar-refractivity contribution is 0.112. The van der Waals surface area contributed by atoms with Crippen molar-refractivity contribution in [2.45, 2.75) is 33.4 Å². The minimum absolute atomic E-state index is 0.0396. The van der Waals surface area contributed by atoms with Gasteiger partial charge in [-0.05, 0) is 90.6 Å². The summed E-state index contributed by atoms with van der Waals surface area (Å²) in [6.07, 6.45) is 0.808. The van der Waals surface area contributed by atoms with Gasteiger partial charge < -0.3 is 14.6 Å². The summed E-state index contributed by atoms with van der Waals surface area (Å²) >= 11 is 0. The fourth-order valence-electron chi connectivity index (χ4n) is 3.66. The molecule has 0 heterocycles. The van der Waals surface area contributed by atoms with Gasteiger partial charge in [0.2, 0.25) is 0 Å². The van der Waals surface area contributed by atoms with Crippen LogP contribution in [-0.2, 0) is 6.61 Å². The molecule has 0 fully saturated rings. The highest BCUT2D eigenvalue weighted by Crippen LogP contribution is 2.34. The van der Waals surface area contributed by atoms with Crippen molar-refractivity contribution >= 4 is 6.29 Å². The molecule has 6 heteroatoms. The summed E-state index contributed by atoms with van der Waals surface area (Å²) in [4.78, 5) is 21.5. The first-order valence-corrected chi connectivity index (χ1v) is 10.4. The SMILES string of the molecule is Cc1cc(OC[C@H](CO)N=O)cc(C)c1-c1cccc(COc2ccc(C=O)cc2)c1C. The smallest absolute Gasteiger partial charge is 0.150 e. The molecule has 0 unspecified atom stereocenters. The number of ether oxygens (including phenoxy) is 2. The van der Waals surface area contributed by atoms with Gasteiger partial charge >= 0.3 is 0 Å². The Bertz CT molecular complexity index is 1070. The van der Waals surface area contributed by atoms with E-state index in [9.17, 15) is 9.70 Å². The largest absolute Gasteiger partial charge is 0.491 e. The first-order chi connectivity index (χ1) is 15.5. The first kappa shape index (κ1) is 23.2. The maximum absolute atomic E-state index is 10.8. The normalized spacial score (nSPS) is 11.6. The van der Waals surface area contributed by atoms with Crippen molar-refractivity contribution in [3.8, 4) is 22.6 Å². The van der Waals surface area contributed by atoms with Gasteiger partial charge in [-0.3, -0.25) is 4.79 Å². The number of nitrogens with zero attached hydrogens (tertiary/aromatic N) is 1. The van der Waals surface area contributed by atoms with Crippen LogP contribution in [0, 0.1) is 25.7 Å². The molecule has 6 nitrogen and oxygen atoms in total. The van der Waals surface area contributed by atoms with Gasteiger partial charge in [0, 0.05) is 5.56 Å². The zero-order chi connectivity index (χ0) is 23.1.